The summed E-state index contributed by atoms with van der Waals surface area (Å²) in [6.45, 7) is 0.499. The first kappa shape index (κ1) is 19.0. The summed E-state index contributed by atoms with van der Waals surface area (Å²) in [5.74, 6) is 1.85. The molecule has 3 rings (SSSR count). The van der Waals surface area contributed by atoms with Crippen molar-refractivity contribution in [2.75, 3.05) is 20.8 Å². The third kappa shape index (κ3) is 4.13. The van der Waals surface area contributed by atoms with Gasteiger partial charge in [0.25, 0.3) is 5.91 Å². The monoisotopic (exact) mass is 453 g/mol. The normalized spacial score (nSPS) is 15.8. The number of rotatable bonds is 6. The van der Waals surface area contributed by atoms with Crippen LogP contribution >= 0.6 is 39.9 Å². The highest BCUT2D eigenvalue weighted by Crippen LogP contribution is 2.34. The molecule has 1 aliphatic rings. The number of thiocarbonyl (C=S) groups is 1. The van der Waals surface area contributed by atoms with Gasteiger partial charge >= 0.3 is 0 Å². The Hall–Kier alpha value is -1.77. The molecule has 0 spiro atoms. The number of hydrogen-bond donors (Lipinski definition) is 0. The van der Waals surface area contributed by atoms with E-state index in [2.05, 4.69) is 15.9 Å². The van der Waals surface area contributed by atoms with Gasteiger partial charge in [-0.2, -0.15) is 0 Å². The molecule has 2 heterocycles. The molecule has 1 amide bonds. The molecule has 8 heteroatoms. The molecule has 0 bridgehead atoms. The highest BCUT2D eigenvalue weighted by Gasteiger charge is 2.32. The number of hydrogen-bond acceptors (Lipinski definition) is 6. The Balaban J connectivity index is 1.69. The van der Waals surface area contributed by atoms with Crippen LogP contribution in [0.25, 0.3) is 6.08 Å². The lowest BCUT2D eigenvalue weighted by atomic mass is 10.1. The zero-order valence-electron chi connectivity index (χ0n) is 14.2. The minimum absolute atomic E-state index is 0.104. The average Bonchev–Trinajstić information content (AvgIpc) is 3.16. The van der Waals surface area contributed by atoms with Crippen LogP contribution in [0.5, 0.6) is 11.5 Å². The summed E-state index contributed by atoms with van der Waals surface area (Å²) in [4.78, 5) is 14.8. The van der Waals surface area contributed by atoms with Crippen molar-refractivity contribution < 1.29 is 18.7 Å². The lowest BCUT2D eigenvalue weighted by Crippen LogP contribution is -2.30. The van der Waals surface area contributed by atoms with E-state index in [1.54, 1.807) is 37.3 Å². The van der Waals surface area contributed by atoms with Crippen molar-refractivity contribution >= 4 is 56.2 Å². The molecule has 0 N–H and O–H groups in total. The van der Waals surface area contributed by atoms with Crippen LogP contribution in [0.1, 0.15) is 11.3 Å². The molecule has 0 saturated carbocycles. The number of halogens is 1. The summed E-state index contributed by atoms with van der Waals surface area (Å²) in [7, 11) is 3.20. The highest BCUT2D eigenvalue weighted by molar-refractivity contribution is 9.10. The Morgan fingerprint density at radius 3 is 2.65 bits per heavy atom. The number of benzene rings is 1. The number of thioether (sulfide) groups is 1. The molecule has 1 aliphatic heterocycles. The van der Waals surface area contributed by atoms with Crippen molar-refractivity contribution in [3.8, 4) is 11.5 Å². The Bertz CT molecular complexity index is 878. The number of methoxy groups -OCH3 is 2. The van der Waals surface area contributed by atoms with Gasteiger partial charge in [-0.05, 0) is 52.2 Å². The first-order valence-corrected chi connectivity index (χ1v) is 9.75. The molecule has 5 nitrogen and oxygen atoms in total. The molecular weight excluding hydrogens is 438 g/mol. The van der Waals surface area contributed by atoms with Gasteiger partial charge in [0.15, 0.2) is 16.2 Å². The average molecular weight is 454 g/mol. The van der Waals surface area contributed by atoms with Gasteiger partial charge in [0.2, 0.25) is 0 Å². The number of carbonyl (C=O) groups is 1. The molecule has 2 aromatic rings. The van der Waals surface area contributed by atoms with E-state index in [1.165, 1.54) is 11.8 Å². The summed E-state index contributed by atoms with van der Waals surface area (Å²) in [5, 5.41) is 0. The molecule has 1 aromatic heterocycles. The Kier molecular flexibility index (Phi) is 6.05. The Labute approximate surface area is 169 Å². The highest BCUT2D eigenvalue weighted by atomic mass is 79.9. The predicted octanol–water partition coefficient (Wildman–Crippen LogP) is 4.50. The third-order valence-corrected chi connectivity index (χ3v) is 5.62. The number of amides is 1. The van der Waals surface area contributed by atoms with Crippen LogP contribution in [0.15, 0.2) is 44.3 Å². The van der Waals surface area contributed by atoms with Crippen LogP contribution in [0.4, 0.5) is 0 Å². The van der Waals surface area contributed by atoms with Crippen molar-refractivity contribution in [3.05, 3.63) is 51.2 Å². The Morgan fingerprint density at radius 1 is 1.23 bits per heavy atom. The zero-order chi connectivity index (χ0) is 18.7. The molecule has 26 heavy (non-hydrogen) atoms. The van der Waals surface area contributed by atoms with Crippen LogP contribution < -0.4 is 9.47 Å². The summed E-state index contributed by atoms with van der Waals surface area (Å²) >= 11 is 9.90. The number of carbonyl (C=O) groups excluding carboxylic acids is 1. The first-order chi connectivity index (χ1) is 12.5. The van der Waals surface area contributed by atoms with E-state index >= 15 is 0 Å². The van der Waals surface area contributed by atoms with E-state index in [9.17, 15) is 4.79 Å². The van der Waals surface area contributed by atoms with Crippen molar-refractivity contribution in [1.29, 1.82) is 0 Å². The van der Waals surface area contributed by atoms with Crippen LogP contribution in [0.3, 0.4) is 0 Å². The van der Waals surface area contributed by atoms with Gasteiger partial charge in [0.05, 0.1) is 19.1 Å². The molecule has 1 aromatic carbocycles. The number of nitrogens with zero attached hydrogens (tertiary/aromatic N) is 1. The van der Waals surface area contributed by atoms with Gasteiger partial charge in [0.1, 0.15) is 10.1 Å². The maximum absolute atomic E-state index is 12.6. The summed E-state index contributed by atoms with van der Waals surface area (Å²) in [6.07, 6.45) is 2.37. The van der Waals surface area contributed by atoms with Crippen molar-refractivity contribution in [3.63, 3.8) is 0 Å². The number of ether oxygens (including phenoxy) is 2. The van der Waals surface area contributed by atoms with E-state index in [0.717, 1.165) is 5.56 Å². The molecular formula is C18H16BrNO4S2. The molecule has 0 radical (unpaired) electrons. The van der Waals surface area contributed by atoms with Crippen LogP contribution in [0.2, 0.25) is 0 Å². The molecule has 0 atom stereocenters. The second kappa shape index (κ2) is 8.28. The van der Waals surface area contributed by atoms with Crippen LogP contribution in [-0.4, -0.2) is 35.9 Å². The van der Waals surface area contributed by atoms with E-state index in [0.29, 0.717) is 44.1 Å². The maximum Gasteiger partial charge on any atom is 0.266 e. The minimum atomic E-state index is -0.104. The maximum atomic E-state index is 12.6. The second-order valence-electron chi connectivity index (χ2n) is 5.41. The van der Waals surface area contributed by atoms with Gasteiger partial charge in [-0.15, -0.1) is 0 Å². The van der Waals surface area contributed by atoms with Gasteiger partial charge < -0.3 is 13.9 Å². The standard InChI is InChI=1S/C18H16BrNO4S2/c1-22-13-5-3-11(9-14(13)23-2)7-8-20-17(21)15(26-18(20)25)10-12-4-6-16(19)24-12/h3-6,9-10H,7-8H2,1-2H3/b15-10+. The first-order valence-electron chi connectivity index (χ1n) is 7.73. The van der Waals surface area contributed by atoms with Crippen LogP contribution in [-0.2, 0) is 11.2 Å². The SMILES string of the molecule is COc1ccc(CCN2C(=O)/C(=C\c3ccc(Br)o3)SC2=S)cc1OC. The van der Waals surface area contributed by atoms with E-state index in [-0.39, 0.29) is 5.91 Å². The smallest absolute Gasteiger partial charge is 0.266 e. The minimum Gasteiger partial charge on any atom is -0.493 e. The zero-order valence-corrected chi connectivity index (χ0v) is 17.4. The quantitative estimate of drug-likeness (QED) is 0.473. The molecule has 1 saturated heterocycles. The molecule has 0 unspecified atom stereocenters. The van der Waals surface area contributed by atoms with Gasteiger partial charge in [-0.3, -0.25) is 9.69 Å². The summed E-state index contributed by atoms with van der Waals surface area (Å²) < 4.78 is 17.2. The van der Waals surface area contributed by atoms with Gasteiger partial charge in [-0.1, -0.05) is 30.0 Å². The molecule has 136 valence electrons. The third-order valence-electron chi connectivity index (χ3n) is 3.81. The van der Waals surface area contributed by atoms with Gasteiger partial charge in [0, 0.05) is 12.6 Å². The van der Waals surface area contributed by atoms with E-state index < -0.39 is 0 Å². The van der Waals surface area contributed by atoms with Crippen molar-refractivity contribution in [2.24, 2.45) is 0 Å². The topological polar surface area (TPSA) is 51.9 Å². The summed E-state index contributed by atoms with van der Waals surface area (Å²) in [5.41, 5.74) is 1.04. The lowest BCUT2D eigenvalue weighted by Gasteiger charge is -2.15. The molecule has 1 fully saturated rings. The van der Waals surface area contributed by atoms with Crippen LogP contribution in [0, 0.1) is 0 Å². The lowest BCUT2D eigenvalue weighted by molar-refractivity contribution is -0.122. The van der Waals surface area contributed by atoms with E-state index in [1.807, 2.05) is 18.2 Å². The van der Waals surface area contributed by atoms with Crippen molar-refractivity contribution in [2.45, 2.75) is 6.42 Å². The largest absolute Gasteiger partial charge is 0.493 e. The fraction of sp³-hybridized carbons (Fsp3) is 0.222. The fourth-order valence-electron chi connectivity index (χ4n) is 2.50. The van der Waals surface area contributed by atoms with Crippen molar-refractivity contribution in [1.82, 2.24) is 4.90 Å². The summed E-state index contributed by atoms with van der Waals surface area (Å²) in [6, 6.07) is 9.29. The fourth-order valence-corrected chi connectivity index (χ4v) is 4.11. The second-order valence-corrected chi connectivity index (χ2v) is 7.87. The number of furan rings is 1. The molecule has 0 aliphatic carbocycles. The predicted molar refractivity (Wildman–Crippen MR) is 110 cm³/mol. The Morgan fingerprint density at radius 2 is 2.00 bits per heavy atom. The van der Waals surface area contributed by atoms with Gasteiger partial charge in [-0.25, -0.2) is 0 Å². The van der Waals surface area contributed by atoms with E-state index in [4.69, 9.17) is 26.1 Å².